The number of carbonyl (C=O) groups excluding carboxylic acids is 9. The summed E-state index contributed by atoms with van der Waals surface area (Å²) in [6, 6.07) is 8.71. The van der Waals surface area contributed by atoms with Crippen molar-refractivity contribution in [3.63, 3.8) is 0 Å². The summed E-state index contributed by atoms with van der Waals surface area (Å²) in [5, 5.41) is 36.3. The molecule has 470 valence electrons. The number of rotatable bonds is 33. The number of ether oxygens (including phenoxy) is 3. The summed E-state index contributed by atoms with van der Waals surface area (Å²) in [5.41, 5.74) is 6.71. The molecule has 84 heavy (non-hydrogen) atoms. The summed E-state index contributed by atoms with van der Waals surface area (Å²) in [4.78, 5) is 125. The van der Waals surface area contributed by atoms with E-state index in [0.717, 1.165) is 0 Å². The third-order valence-electron chi connectivity index (χ3n) is 15.7. The van der Waals surface area contributed by atoms with Crippen LogP contribution in [0.25, 0.3) is 0 Å². The van der Waals surface area contributed by atoms with Gasteiger partial charge >= 0.3 is 12.1 Å². The van der Waals surface area contributed by atoms with Crippen LogP contribution >= 0.6 is 0 Å². The molecule has 1 aliphatic rings. The molecule has 2 aromatic rings. The van der Waals surface area contributed by atoms with Crippen molar-refractivity contribution in [2.24, 2.45) is 35.3 Å². The molecule has 10 N–H and O–H groups in total. The molecule has 0 aromatic heterocycles. The SMILES string of the molecule is CC[C@H](C)[C@H]([C@@H](CC(=O)N1CCC[C@H]1[C@H](OC)[C@@H](C)C(=O)N[C@H](C)[C@@H](O)c1ccccc1)OC)N(C)C(=O)[C@@H](NC(=O)[C@H](C(C)C)N(C)C(=O)OCc1ccc(NC(=O)[C@H](CCCNC(N)=O)NC(=O)[C@@H](NC(=O)CO)C(C)C)cc1)C(C)C. The van der Waals surface area contributed by atoms with Crippen LogP contribution in [0.1, 0.15) is 125 Å². The Balaban J connectivity index is 1.71. The first-order chi connectivity index (χ1) is 39.6. The molecule has 0 radical (unpaired) electrons. The summed E-state index contributed by atoms with van der Waals surface area (Å²) in [6.07, 6.45) is -1.02. The van der Waals surface area contributed by atoms with Crippen LogP contribution < -0.4 is 37.6 Å². The number of hydrogen-bond donors (Lipinski definition) is 9. The first-order valence-corrected chi connectivity index (χ1v) is 29.1. The Morgan fingerprint density at radius 3 is 1.93 bits per heavy atom. The van der Waals surface area contributed by atoms with Crippen LogP contribution in [0.2, 0.25) is 0 Å². The summed E-state index contributed by atoms with van der Waals surface area (Å²) in [6.45, 7) is 17.4. The number of methoxy groups -OCH3 is 2. The van der Waals surface area contributed by atoms with Crippen LogP contribution in [-0.4, -0.2) is 181 Å². The predicted molar refractivity (Wildman–Crippen MR) is 316 cm³/mol. The second-order valence-corrected chi connectivity index (χ2v) is 23.0. The van der Waals surface area contributed by atoms with Crippen molar-refractivity contribution in [1.82, 2.24) is 41.3 Å². The van der Waals surface area contributed by atoms with Crippen molar-refractivity contribution in [1.29, 1.82) is 0 Å². The van der Waals surface area contributed by atoms with E-state index in [1.54, 1.807) is 109 Å². The number of anilines is 1. The zero-order valence-electron chi connectivity index (χ0n) is 51.6. The van der Waals surface area contributed by atoms with Gasteiger partial charge in [-0.2, -0.15) is 0 Å². The average Bonchev–Trinajstić information content (AvgIpc) is 4.16. The lowest BCUT2D eigenvalue weighted by Crippen LogP contribution is -2.60. The number of likely N-dealkylation sites (N-methyl/N-ethyl adjacent to an activating group) is 2. The monoisotopic (exact) mass is 1180 g/mol. The number of amides is 10. The standard InChI is InChI=1S/C60H96N10O14/c1-15-37(8)51(45(82-13)31-47(73)70-30-20-24-44(70)53(83-14)38(9)54(75)63-39(10)52(74)41-21-17-16-18-22-41)68(11)58(79)49(35(4)5)67-57(78)50(36(6)7)69(12)60(81)84-33-40-25-27-42(28-26-40)64-55(76)43(23-19-29-62-59(61)80)65-56(77)48(34(2)3)66-46(72)32-71/h16-18,21-22,25-28,34-39,43-45,48-53,71,74H,15,19-20,23-24,29-33H2,1-14H3,(H,63,75)(H,64,76)(H,65,77)(H,66,72)(H,67,78)(H3,61,62,80)/t37-,38+,39+,43-,44-,45+,48-,49-,50-,51+,52+,53+/m0/s1. The molecule has 1 fully saturated rings. The van der Waals surface area contributed by atoms with E-state index in [2.05, 4.69) is 31.9 Å². The third-order valence-corrected chi connectivity index (χ3v) is 15.7. The van der Waals surface area contributed by atoms with Gasteiger partial charge in [-0.1, -0.05) is 111 Å². The van der Waals surface area contributed by atoms with Crippen molar-refractivity contribution < 1.29 is 67.6 Å². The van der Waals surface area contributed by atoms with Gasteiger partial charge in [0.2, 0.25) is 41.4 Å². The number of primary amides is 1. The number of benzene rings is 2. The number of carbonyl (C=O) groups is 9. The number of likely N-dealkylation sites (tertiary alicyclic amines) is 1. The highest BCUT2D eigenvalue weighted by atomic mass is 16.6. The van der Waals surface area contributed by atoms with E-state index in [9.17, 15) is 53.4 Å². The Labute approximate surface area is 495 Å². The third kappa shape index (κ3) is 20.7. The summed E-state index contributed by atoms with van der Waals surface area (Å²) in [5.74, 6) is -5.67. The number of nitrogens with zero attached hydrogens (tertiary/aromatic N) is 3. The molecule has 1 saturated heterocycles. The van der Waals surface area contributed by atoms with Crippen molar-refractivity contribution in [2.75, 3.05) is 53.3 Å². The first-order valence-electron chi connectivity index (χ1n) is 29.1. The minimum atomic E-state index is -1.11. The van der Waals surface area contributed by atoms with Gasteiger partial charge in [0.05, 0.1) is 48.8 Å². The van der Waals surface area contributed by atoms with E-state index in [0.29, 0.717) is 42.6 Å². The molecule has 0 bridgehead atoms. The van der Waals surface area contributed by atoms with Gasteiger partial charge in [0, 0.05) is 47.1 Å². The van der Waals surface area contributed by atoms with E-state index in [1.165, 1.54) is 26.2 Å². The Kier molecular flexibility index (Phi) is 29.6. The predicted octanol–water partition coefficient (Wildman–Crippen LogP) is 3.58. The molecule has 0 saturated carbocycles. The molecule has 2 aromatic carbocycles. The van der Waals surface area contributed by atoms with Crippen molar-refractivity contribution in [3.8, 4) is 0 Å². The van der Waals surface area contributed by atoms with Crippen LogP contribution in [-0.2, 0) is 54.4 Å². The van der Waals surface area contributed by atoms with Crippen LogP contribution in [0.15, 0.2) is 54.6 Å². The second-order valence-electron chi connectivity index (χ2n) is 23.0. The molecule has 24 heteroatoms. The molecule has 10 amide bonds. The molecule has 24 nitrogen and oxygen atoms in total. The number of urea groups is 1. The highest BCUT2D eigenvalue weighted by Crippen LogP contribution is 2.30. The van der Waals surface area contributed by atoms with Gasteiger partial charge in [0.1, 0.15) is 37.4 Å². The van der Waals surface area contributed by atoms with Gasteiger partial charge in [-0.15, -0.1) is 0 Å². The number of aliphatic hydroxyl groups is 2. The van der Waals surface area contributed by atoms with E-state index < -0.39 is 133 Å². The maximum atomic E-state index is 14.7. The largest absolute Gasteiger partial charge is 0.445 e. The molecule has 0 unspecified atom stereocenters. The summed E-state index contributed by atoms with van der Waals surface area (Å²) < 4.78 is 17.7. The van der Waals surface area contributed by atoms with E-state index in [-0.39, 0.29) is 50.1 Å². The fraction of sp³-hybridized carbons (Fsp3) is 0.650. The highest BCUT2D eigenvalue weighted by Gasteiger charge is 2.44. The molecule has 1 heterocycles. The molecule has 12 atom stereocenters. The van der Waals surface area contributed by atoms with Gasteiger partial charge in [0.15, 0.2) is 0 Å². The molecular weight excluding hydrogens is 1080 g/mol. The van der Waals surface area contributed by atoms with Gasteiger partial charge in [-0.3, -0.25) is 38.5 Å². The van der Waals surface area contributed by atoms with Gasteiger partial charge in [-0.05, 0) is 79.5 Å². The van der Waals surface area contributed by atoms with Crippen LogP contribution in [0, 0.1) is 29.6 Å². The van der Waals surface area contributed by atoms with Crippen LogP contribution in [0.5, 0.6) is 0 Å². The molecule has 1 aliphatic heterocycles. The highest BCUT2D eigenvalue weighted by molar-refractivity contribution is 5.98. The molecule has 3 rings (SSSR count). The lowest BCUT2D eigenvalue weighted by molar-refractivity contribution is -0.148. The van der Waals surface area contributed by atoms with Crippen molar-refractivity contribution >= 4 is 59.2 Å². The van der Waals surface area contributed by atoms with Crippen LogP contribution in [0.3, 0.4) is 0 Å². The number of hydrogen-bond acceptors (Lipinski definition) is 14. The van der Waals surface area contributed by atoms with Gasteiger partial charge in [0.25, 0.3) is 0 Å². The maximum Gasteiger partial charge on any atom is 0.410 e. The fourth-order valence-corrected chi connectivity index (χ4v) is 10.7. The Morgan fingerprint density at radius 2 is 1.38 bits per heavy atom. The van der Waals surface area contributed by atoms with E-state index in [4.69, 9.17) is 19.9 Å². The summed E-state index contributed by atoms with van der Waals surface area (Å²) in [7, 11) is 6.08. The van der Waals surface area contributed by atoms with Crippen molar-refractivity contribution in [3.05, 3.63) is 65.7 Å². The smallest absolute Gasteiger partial charge is 0.410 e. The quantitative estimate of drug-likeness (QED) is 0.0462. The number of nitrogens with two attached hydrogens (primary N) is 1. The zero-order chi connectivity index (χ0) is 63.1. The minimum absolute atomic E-state index is 0.0865. The normalized spacial score (nSPS) is 17.2. The molecular formula is C60H96N10O14. The summed E-state index contributed by atoms with van der Waals surface area (Å²) >= 11 is 0. The van der Waals surface area contributed by atoms with Gasteiger partial charge < -0.3 is 71.9 Å². The molecule has 0 aliphatic carbocycles. The fourth-order valence-electron chi connectivity index (χ4n) is 10.7. The molecule has 0 spiro atoms. The topological polar surface area (TPSA) is 330 Å². The van der Waals surface area contributed by atoms with Crippen molar-refractivity contribution in [2.45, 2.75) is 175 Å². The Bertz CT molecular complexity index is 2470. The van der Waals surface area contributed by atoms with Gasteiger partial charge in [-0.25, -0.2) is 9.59 Å². The lowest BCUT2D eigenvalue weighted by atomic mass is 9.89. The first kappa shape index (κ1) is 71.4. The van der Waals surface area contributed by atoms with E-state index >= 15 is 0 Å². The van der Waals surface area contributed by atoms with E-state index in [1.807, 2.05) is 32.0 Å². The average molecular weight is 1180 g/mol. The minimum Gasteiger partial charge on any atom is -0.445 e. The Hall–Kier alpha value is -6.89. The Morgan fingerprint density at radius 1 is 0.750 bits per heavy atom. The van der Waals surface area contributed by atoms with Crippen LogP contribution in [0.4, 0.5) is 15.3 Å². The number of nitrogens with one attached hydrogen (secondary N) is 6. The second kappa shape index (κ2) is 34.8. The lowest BCUT2D eigenvalue weighted by Gasteiger charge is -2.41. The maximum absolute atomic E-state index is 14.7. The number of aliphatic hydroxyl groups excluding tert-OH is 2. The zero-order valence-corrected chi connectivity index (χ0v) is 51.6.